The van der Waals surface area contributed by atoms with Crippen molar-refractivity contribution in [2.45, 2.75) is 33.4 Å². The molecule has 1 fully saturated rings. The van der Waals surface area contributed by atoms with Crippen molar-refractivity contribution >= 4 is 0 Å². The molecule has 0 saturated heterocycles. The number of aromatic nitrogens is 3. The van der Waals surface area contributed by atoms with Gasteiger partial charge in [-0.1, -0.05) is 19.1 Å². The molecule has 1 aliphatic rings. The van der Waals surface area contributed by atoms with E-state index in [0.29, 0.717) is 0 Å². The third-order valence-electron chi connectivity index (χ3n) is 3.68. The summed E-state index contributed by atoms with van der Waals surface area (Å²) in [5.74, 6) is 1.86. The molecule has 0 aromatic carbocycles. The lowest BCUT2D eigenvalue weighted by Crippen LogP contribution is -2.26. The highest BCUT2D eigenvalue weighted by molar-refractivity contribution is 4.91. The number of nitrogens with zero attached hydrogens (tertiary/aromatic N) is 4. The maximum atomic E-state index is 4.15. The van der Waals surface area contributed by atoms with Crippen molar-refractivity contribution in [2.24, 2.45) is 11.8 Å². The van der Waals surface area contributed by atoms with Crippen molar-refractivity contribution in [1.82, 2.24) is 25.2 Å². The molecule has 2 rings (SSSR count). The summed E-state index contributed by atoms with van der Waals surface area (Å²) in [6.07, 6.45) is 3.44. The summed E-state index contributed by atoms with van der Waals surface area (Å²) < 4.78 is 1.94. The predicted molar refractivity (Wildman–Crippen MR) is 72.2 cm³/mol. The lowest BCUT2D eigenvalue weighted by molar-refractivity contribution is 0.295. The molecular formula is C13H25N5. The van der Waals surface area contributed by atoms with Gasteiger partial charge in [-0.2, -0.15) is 0 Å². The minimum Gasteiger partial charge on any atom is -0.311 e. The molecular weight excluding hydrogens is 226 g/mol. The normalized spacial score (nSPS) is 22.7. The maximum absolute atomic E-state index is 4.15. The number of likely N-dealkylation sites (N-methyl/N-ethyl adjacent to an activating group) is 1. The summed E-state index contributed by atoms with van der Waals surface area (Å²) >= 11 is 0. The van der Waals surface area contributed by atoms with Gasteiger partial charge in [0.25, 0.3) is 0 Å². The van der Waals surface area contributed by atoms with Gasteiger partial charge in [0.1, 0.15) is 0 Å². The second-order valence-corrected chi connectivity index (χ2v) is 5.49. The Kier molecular flexibility index (Phi) is 4.72. The zero-order valence-corrected chi connectivity index (χ0v) is 11.8. The van der Waals surface area contributed by atoms with Gasteiger partial charge in [0.15, 0.2) is 0 Å². The summed E-state index contributed by atoms with van der Waals surface area (Å²) in [6, 6.07) is 0. The fourth-order valence-electron chi connectivity index (χ4n) is 2.20. The van der Waals surface area contributed by atoms with Gasteiger partial charge in [-0.3, -0.25) is 4.68 Å². The Balaban J connectivity index is 1.67. The Hall–Kier alpha value is -0.940. The maximum Gasteiger partial charge on any atom is 0.0964 e. The molecule has 5 heteroatoms. The van der Waals surface area contributed by atoms with E-state index in [0.717, 1.165) is 43.7 Å². The van der Waals surface area contributed by atoms with Gasteiger partial charge in [-0.15, -0.1) is 5.10 Å². The molecule has 2 atom stereocenters. The van der Waals surface area contributed by atoms with Crippen molar-refractivity contribution < 1.29 is 0 Å². The van der Waals surface area contributed by atoms with Crippen LogP contribution in [-0.4, -0.2) is 46.6 Å². The van der Waals surface area contributed by atoms with Crippen molar-refractivity contribution in [3.8, 4) is 0 Å². The smallest absolute Gasteiger partial charge is 0.0964 e. The molecule has 1 aromatic rings. The van der Waals surface area contributed by atoms with Crippen LogP contribution in [0.2, 0.25) is 0 Å². The highest BCUT2D eigenvalue weighted by atomic mass is 15.4. The first-order valence-corrected chi connectivity index (χ1v) is 6.97. The molecule has 0 bridgehead atoms. The topological polar surface area (TPSA) is 46.0 Å². The molecule has 1 aromatic heterocycles. The van der Waals surface area contributed by atoms with Gasteiger partial charge in [0.05, 0.1) is 12.2 Å². The van der Waals surface area contributed by atoms with Crippen LogP contribution in [0.3, 0.4) is 0 Å². The molecule has 0 radical (unpaired) electrons. The third kappa shape index (κ3) is 4.07. The van der Waals surface area contributed by atoms with Crippen molar-refractivity contribution in [2.75, 3.05) is 26.7 Å². The summed E-state index contributed by atoms with van der Waals surface area (Å²) in [6.45, 7) is 9.41. The summed E-state index contributed by atoms with van der Waals surface area (Å²) in [5.41, 5.74) is 1.02. The first-order valence-electron chi connectivity index (χ1n) is 6.97. The van der Waals surface area contributed by atoms with Crippen LogP contribution in [0.25, 0.3) is 0 Å². The van der Waals surface area contributed by atoms with Crippen molar-refractivity contribution in [1.29, 1.82) is 0 Å². The van der Waals surface area contributed by atoms with E-state index in [9.17, 15) is 0 Å². The minimum atomic E-state index is 0.811. The molecule has 0 spiro atoms. The molecule has 2 unspecified atom stereocenters. The summed E-state index contributed by atoms with van der Waals surface area (Å²) in [5, 5.41) is 11.6. The number of hydrogen-bond donors (Lipinski definition) is 1. The van der Waals surface area contributed by atoms with Gasteiger partial charge in [-0.05, 0) is 31.8 Å². The summed E-state index contributed by atoms with van der Waals surface area (Å²) in [4.78, 5) is 2.40. The van der Waals surface area contributed by atoms with E-state index in [-0.39, 0.29) is 0 Å². The van der Waals surface area contributed by atoms with Gasteiger partial charge < -0.3 is 10.2 Å². The lowest BCUT2D eigenvalue weighted by atomic mass is 10.3. The largest absolute Gasteiger partial charge is 0.311 e. The zero-order valence-electron chi connectivity index (χ0n) is 11.8. The molecule has 1 aliphatic carbocycles. The van der Waals surface area contributed by atoms with E-state index in [1.54, 1.807) is 0 Å². The molecule has 102 valence electrons. The lowest BCUT2D eigenvalue weighted by Gasteiger charge is -2.15. The van der Waals surface area contributed by atoms with Crippen molar-refractivity contribution in [3.63, 3.8) is 0 Å². The Morgan fingerprint density at radius 1 is 1.56 bits per heavy atom. The summed E-state index contributed by atoms with van der Waals surface area (Å²) in [7, 11) is 2.20. The van der Waals surface area contributed by atoms with Crippen LogP contribution in [0, 0.1) is 11.8 Å². The predicted octanol–water partition coefficient (Wildman–Crippen LogP) is 0.975. The van der Waals surface area contributed by atoms with Crippen LogP contribution in [0.5, 0.6) is 0 Å². The van der Waals surface area contributed by atoms with Crippen molar-refractivity contribution in [3.05, 3.63) is 11.9 Å². The molecule has 1 saturated carbocycles. The fraction of sp³-hybridized carbons (Fsp3) is 0.846. The van der Waals surface area contributed by atoms with E-state index in [1.165, 1.54) is 13.0 Å². The number of hydrogen-bond acceptors (Lipinski definition) is 4. The standard InChI is InChI=1S/C13H25N5/c1-4-14-8-13-10-18(16-15-13)6-5-17(3)9-12-7-11(12)2/h10-12,14H,4-9H2,1-3H3. The third-order valence-corrected chi connectivity index (χ3v) is 3.68. The van der Waals surface area contributed by atoms with Gasteiger partial charge >= 0.3 is 0 Å². The van der Waals surface area contributed by atoms with Gasteiger partial charge in [-0.25, -0.2) is 0 Å². The highest BCUT2D eigenvalue weighted by Gasteiger charge is 2.32. The van der Waals surface area contributed by atoms with Crippen LogP contribution in [0.1, 0.15) is 26.0 Å². The number of rotatable bonds is 8. The van der Waals surface area contributed by atoms with Crippen LogP contribution < -0.4 is 5.32 Å². The van der Waals surface area contributed by atoms with Crippen LogP contribution in [0.15, 0.2) is 6.20 Å². The highest BCUT2D eigenvalue weighted by Crippen LogP contribution is 2.37. The monoisotopic (exact) mass is 251 g/mol. The molecule has 5 nitrogen and oxygen atoms in total. The molecule has 1 N–H and O–H groups in total. The second kappa shape index (κ2) is 6.29. The quantitative estimate of drug-likeness (QED) is 0.748. The molecule has 0 amide bonds. The van der Waals surface area contributed by atoms with E-state index >= 15 is 0 Å². The van der Waals surface area contributed by atoms with E-state index in [4.69, 9.17) is 0 Å². The molecule has 1 heterocycles. The van der Waals surface area contributed by atoms with Crippen LogP contribution in [0.4, 0.5) is 0 Å². The van der Waals surface area contributed by atoms with E-state index in [2.05, 4.69) is 41.4 Å². The number of nitrogens with one attached hydrogen (secondary N) is 1. The van der Waals surface area contributed by atoms with E-state index in [1.807, 2.05) is 10.9 Å². The fourth-order valence-corrected chi connectivity index (χ4v) is 2.20. The Morgan fingerprint density at radius 3 is 3.00 bits per heavy atom. The first kappa shape index (κ1) is 13.5. The second-order valence-electron chi connectivity index (χ2n) is 5.49. The average molecular weight is 251 g/mol. The minimum absolute atomic E-state index is 0.811. The Labute approximate surface area is 110 Å². The van der Waals surface area contributed by atoms with Crippen LogP contribution in [-0.2, 0) is 13.1 Å². The molecule has 0 aliphatic heterocycles. The molecule has 18 heavy (non-hydrogen) atoms. The SMILES string of the molecule is CCNCc1cn(CCN(C)CC2CC2C)nn1. The van der Waals surface area contributed by atoms with Gasteiger partial charge in [0, 0.05) is 25.8 Å². The zero-order chi connectivity index (χ0) is 13.0. The first-order chi connectivity index (χ1) is 8.69. The Bertz CT molecular complexity index is 362. The average Bonchev–Trinajstić information content (AvgIpc) is 2.88. The van der Waals surface area contributed by atoms with E-state index < -0.39 is 0 Å². The van der Waals surface area contributed by atoms with Crippen LogP contribution >= 0.6 is 0 Å². The van der Waals surface area contributed by atoms with Gasteiger partial charge in [0.2, 0.25) is 0 Å². The Morgan fingerprint density at radius 2 is 2.33 bits per heavy atom.